The Balaban J connectivity index is 1.60. The lowest BCUT2D eigenvalue weighted by Crippen LogP contribution is -2.48. The number of hydrogen-bond donors (Lipinski definition) is 0. The van der Waals surface area contributed by atoms with Crippen molar-refractivity contribution in [1.29, 1.82) is 0 Å². The maximum Gasteiger partial charge on any atom is 0.433 e. The molecule has 1 aromatic heterocycles. The number of methoxy groups -OCH3 is 2. The van der Waals surface area contributed by atoms with E-state index in [2.05, 4.69) is 4.90 Å². The van der Waals surface area contributed by atoms with Crippen LogP contribution in [0.15, 0.2) is 34.7 Å². The average Bonchev–Trinajstić information content (AvgIpc) is 3.18. The molecule has 9 heteroatoms. The van der Waals surface area contributed by atoms with Gasteiger partial charge in [0, 0.05) is 38.3 Å². The van der Waals surface area contributed by atoms with Gasteiger partial charge in [-0.05, 0) is 24.3 Å². The van der Waals surface area contributed by atoms with Crippen LogP contribution in [0, 0.1) is 10.1 Å². The Bertz CT molecular complexity index is 826. The number of furan rings is 1. The van der Waals surface area contributed by atoms with Gasteiger partial charge in [-0.3, -0.25) is 19.8 Å². The van der Waals surface area contributed by atoms with Crippen molar-refractivity contribution >= 4 is 11.8 Å². The van der Waals surface area contributed by atoms with Crippen molar-refractivity contribution in [3.63, 3.8) is 0 Å². The molecule has 0 atom stereocenters. The summed E-state index contributed by atoms with van der Waals surface area (Å²) in [6.07, 6.45) is 0. The molecule has 1 fully saturated rings. The highest BCUT2D eigenvalue weighted by Gasteiger charge is 2.26. The van der Waals surface area contributed by atoms with Gasteiger partial charge in [0.25, 0.3) is 5.91 Å². The summed E-state index contributed by atoms with van der Waals surface area (Å²) < 4.78 is 15.7. The summed E-state index contributed by atoms with van der Waals surface area (Å²) in [6.45, 7) is 3.05. The Morgan fingerprint density at radius 1 is 1.15 bits per heavy atom. The summed E-state index contributed by atoms with van der Waals surface area (Å²) in [6, 6.07) is 8.20. The number of nitro groups is 1. The molecular weight excluding hydrogens is 354 g/mol. The zero-order chi connectivity index (χ0) is 19.4. The van der Waals surface area contributed by atoms with Crippen LogP contribution < -0.4 is 9.47 Å². The number of amides is 1. The van der Waals surface area contributed by atoms with Crippen LogP contribution in [0.2, 0.25) is 0 Å². The molecule has 2 heterocycles. The Hall–Kier alpha value is -3.07. The minimum atomic E-state index is -0.657. The van der Waals surface area contributed by atoms with Crippen LogP contribution in [0.25, 0.3) is 0 Å². The third kappa shape index (κ3) is 4.20. The van der Waals surface area contributed by atoms with E-state index in [1.54, 1.807) is 19.1 Å². The molecular formula is C18H21N3O6. The monoisotopic (exact) mass is 375 g/mol. The van der Waals surface area contributed by atoms with Crippen molar-refractivity contribution in [2.24, 2.45) is 0 Å². The van der Waals surface area contributed by atoms with Gasteiger partial charge in [-0.25, -0.2) is 0 Å². The van der Waals surface area contributed by atoms with Gasteiger partial charge in [0.2, 0.25) is 0 Å². The summed E-state index contributed by atoms with van der Waals surface area (Å²) in [5.41, 5.74) is 1.01. The van der Waals surface area contributed by atoms with Crippen LogP contribution in [-0.2, 0) is 6.54 Å². The summed E-state index contributed by atoms with van der Waals surface area (Å²) in [4.78, 5) is 26.3. The lowest BCUT2D eigenvalue weighted by molar-refractivity contribution is -0.402. The van der Waals surface area contributed by atoms with Crippen molar-refractivity contribution < 1.29 is 23.6 Å². The minimum absolute atomic E-state index is 0.00962. The van der Waals surface area contributed by atoms with Gasteiger partial charge in [0.15, 0.2) is 5.76 Å². The minimum Gasteiger partial charge on any atom is -0.497 e. The van der Waals surface area contributed by atoms with E-state index in [0.29, 0.717) is 32.7 Å². The number of carbonyl (C=O) groups excluding carboxylic acids is 1. The first-order chi connectivity index (χ1) is 13.0. The number of nitrogens with zero attached hydrogens (tertiary/aromatic N) is 3. The first-order valence-corrected chi connectivity index (χ1v) is 8.48. The highest BCUT2D eigenvalue weighted by molar-refractivity contribution is 5.91. The zero-order valence-corrected chi connectivity index (χ0v) is 15.2. The predicted octanol–water partition coefficient (Wildman–Crippen LogP) is 2.16. The Morgan fingerprint density at radius 3 is 2.48 bits per heavy atom. The molecule has 0 saturated carbocycles. The van der Waals surface area contributed by atoms with E-state index in [0.717, 1.165) is 17.1 Å². The standard InChI is InChI=1S/C18H21N3O6/c1-25-14-3-4-15(26-2)13(11-14)12-19-7-9-20(10-8-19)18(22)16-5-6-17(27-16)21(23)24/h3-6,11H,7-10,12H2,1-2H3. The van der Waals surface area contributed by atoms with Gasteiger partial charge in [0.05, 0.1) is 20.3 Å². The summed E-state index contributed by atoms with van der Waals surface area (Å²) in [7, 11) is 3.25. The molecule has 1 aliphatic heterocycles. The quantitative estimate of drug-likeness (QED) is 0.563. The number of hydrogen-bond acceptors (Lipinski definition) is 7. The molecule has 0 spiro atoms. The van der Waals surface area contributed by atoms with E-state index < -0.39 is 10.8 Å². The first-order valence-electron chi connectivity index (χ1n) is 8.48. The SMILES string of the molecule is COc1ccc(OC)c(CN2CCN(C(=O)c3ccc([N+](=O)[O-])o3)CC2)c1. The first kappa shape index (κ1) is 18.7. The number of ether oxygens (including phenoxy) is 2. The van der Waals surface area contributed by atoms with Gasteiger partial charge in [0.1, 0.15) is 16.4 Å². The van der Waals surface area contributed by atoms with Crippen molar-refractivity contribution in [3.05, 3.63) is 51.8 Å². The van der Waals surface area contributed by atoms with E-state index in [9.17, 15) is 14.9 Å². The molecule has 1 aromatic carbocycles. The zero-order valence-electron chi connectivity index (χ0n) is 15.2. The second-order valence-corrected chi connectivity index (χ2v) is 6.14. The summed E-state index contributed by atoms with van der Waals surface area (Å²) in [5.74, 6) is 0.782. The van der Waals surface area contributed by atoms with Gasteiger partial charge in [-0.1, -0.05) is 0 Å². The van der Waals surface area contributed by atoms with E-state index in [1.165, 1.54) is 12.1 Å². The van der Waals surface area contributed by atoms with Crippen molar-refractivity contribution in [3.8, 4) is 11.5 Å². The fourth-order valence-electron chi connectivity index (χ4n) is 3.05. The molecule has 0 N–H and O–H groups in total. The molecule has 0 aliphatic carbocycles. The topological polar surface area (TPSA) is 98.3 Å². The lowest BCUT2D eigenvalue weighted by atomic mass is 10.1. The van der Waals surface area contributed by atoms with Crippen LogP contribution in [0.1, 0.15) is 16.1 Å². The number of carbonyl (C=O) groups is 1. The van der Waals surface area contributed by atoms with Crippen molar-refractivity contribution in [1.82, 2.24) is 9.80 Å². The normalized spacial score (nSPS) is 14.8. The largest absolute Gasteiger partial charge is 0.497 e. The molecule has 0 unspecified atom stereocenters. The van der Waals surface area contributed by atoms with E-state index in [4.69, 9.17) is 13.9 Å². The second kappa shape index (κ2) is 8.09. The van der Waals surface area contributed by atoms with Crippen LogP contribution in [0.4, 0.5) is 5.88 Å². The van der Waals surface area contributed by atoms with E-state index in [-0.39, 0.29) is 11.7 Å². The van der Waals surface area contributed by atoms with Crippen LogP contribution in [-0.4, -0.2) is 61.0 Å². The lowest BCUT2D eigenvalue weighted by Gasteiger charge is -2.34. The molecule has 0 radical (unpaired) electrons. The van der Waals surface area contributed by atoms with Crippen LogP contribution in [0.3, 0.4) is 0 Å². The Morgan fingerprint density at radius 2 is 1.89 bits per heavy atom. The van der Waals surface area contributed by atoms with Gasteiger partial charge < -0.3 is 18.8 Å². The number of benzene rings is 1. The fourth-order valence-corrected chi connectivity index (χ4v) is 3.05. The molecule has 2 aromatic rings. The highest BCUT2D eigenvalue weighted by Crippen LogP contribution is 2.26. The highest BCUT2D eigenvalue weighted by atomic mass is 16.6. The number of piperazine rings is 1. The van der Waals surface area contributed by atoms with Gasteiger partial charge in [-0.15, -0.1) is 0 Å². The Labute approximate surface area is 156 Å². The number of rotatable bonds is 6. The maximum absolute atomic E-state index is 12.4. The second-order valence-electron chi connectivity index (χ2n) is 6.14. The fraction of sp³-hybridized carbons (Fsp3) is 0.389. The molecule has 3 rings (SSSR count). The third-order valence-electron chi connectivity index (χ3n) is 4.52. The summed E-state index contributed by atoms with van der Waals surface area (Å²) >= 11 is 0. The molecule has 1 saturated heterocycles. The third-order valence-corrected chi connectivity index (χ3v) is 4.52. The van der Waals surface area contributed by atoms with Gasteiger partial charge >= 0.3 is 5.88 Å². The van der Waals surface area contributed by atoms with Crippen molar-refractivity contribution in [2.45, 2.75) is 6.54 Å². The van der Waals surface area contributed by atoms with Gasteiger partial charge in [-0.2, -0.15) is 0 Å². The van der Waals surface area contributed by atoms with Crippen LogP contribution in [0.5, 0.6) is 11.5 Å². The molecule has 9 nitrogen and oxygen atoms in total. The van der Waals surface area contributed by atoms with Crippen LogP contribution >= 0.6 is 0 Å². The molecule has 0 bridgehead atoms. The molecule has 144 valence electrons. The predicted molar refractivity (Wildman–Crippen MR) is 96.1 cm³/mol. The molecule has 27 heavy (non-hydrogen) atoms. The summed E-state index contributed by atoms with van der Waals surface area (Å²) in [5, 5.41) is 10.7. The van der Waals surface area contributed by atoms with Crippen molar-refractivity contribution in [2.75, 3.05) is 40.4 Å². The smallest absolute Gasteiger partial charge is 0.433 e. The average molecular weight is 375 g/mol. The van der Waals surface area contributed by atoms with E-state index in [1.807, 2.05) is 18.2 Å². The van der Waals surface area contributed by atoms with E-state index >= 15 is 0 Å². The Kier molecular flexibility index (Phi) is 5.60. The molecule has 1 aliphatic rings. The maximum atomic E-state index is 12.4. The molecule has 1 amide bonds.